The van der Waals surface area contributed by atoms with Crippen molar-refractivity contribution in [3.05, 3.63) is 42.4 Å². The van der Waals surface area contributed by atoms with Crippen molar-refractivity contribution in [2.24, 2.45) is 5.73 Å². The van der Waals surface area contributed by atoms with Gasteiger partial charge in [0, 0.05) is 18.2 Å². The zero-order valence-corrected chi connectivity index (χ0v) is 12.2. The smallest absolute Gasteiger partial charge is 0.258 e. The topological polar surface area (TPSA) is 87.3 Å². The highest BCUT2D eigenvalue weighted by Gasteiger charge is 2.26. The number of hydrogen-bond acceptors (Lipinski definition) is 5. The van der Waals surface area contributed by atoms with E-state index in [2.05, 4.69) is 9.97 Å². The zero-order chi connectivity index (χ0) is 15.5. The minimum absolute atomic E-state index is 0.481. The summed E-state index contributed by atoms with van der Waals surface area (Å²) < 4.78 is 11.1. The van der Waals surface area contributed by atoms with Crippen LogP contribution in [-0.4, -0.2) is 22.0 Å². The first-order valence-electron chi connectivity index (χ1n) is 7.18. The number of hydrogen-bond donors (Lipinski definition) is 1. The van der Waals surface area contributed by atoms with Crippen molar-refractivity contribution in [2.45, 2.75) is 31.8 Å². The van der Waals surface area contributed by atoms with Gasteiger partial charge in [-0.05, 0) is 44.0 Å². The quantitative estimate of drug-likeness (QED) is 0.885. The Morgan fingerprint density at radius 1 is 1.23 bits per heavy atom. The fourth-order valence-electron chi connectivity index (χ4n) is 1.92. The Morgan fingerprint density at radius 2 is 1.91 bits per heavy atom. The molecule has 0 radical (unpaired) electrons. The summed E-state index contributed by atoms with van der Waals surface area (Å²) in [6.07, 6.45) is 3.33. The highest BCUT2D eigenvalue weighted by atomic mass is 16.5. The van der Waals surface area contributed by atoms with Gasteiger partial charge in [-0.3, -0.25) is 4.79 Å². The number of aromatic nitrogens is 2. The number of rotatable bonds is 6. The average molecular weight is 299 g/mol. The molecule has 6 heteroatoms. The van der Waals surface area contributed by atoms with Gasteiger partial charge in [0.1, 0.15) is 17.3 Å². The van der Waals surface area contributed by atoms with Crippen LogP contribution in [0.25, 0.3) is 0 Å². The summed E-state index contributed by atoms with van der Waals surface area (Å²) in [5.74, 6) is 2.53. The molecule has 0 aliphatic heterocycles. The van der Waals surface area contributed by atoms with E-state index >= 15 is 0 Å². The van der Waals surface area contributed by atoms with Crippen LogP contribution < -0.4 is 15.2 Å². The summed E-state index contributed by atoms with van der Waals surface area (Å²) in [5, 5.41) is 0. The molecule has 0 spiro atoms. The van der Waals surface area contributed by atoms with Crippen LogP contribution in [0.4, 0.5) is 0 Å². The first kappa shape index (κ1) is 14.3. The Hall–Kier alpha value is -2.63. The molecular formula is C16H17N3O3. The van der Waals surface area contributed by atoms with Gasteiger partial charge in [0.25, 0.3) is 5.91 Å². The molecule has 1 fully saturated rings. The maximum Gasteiger partial charge on any atom is 0.258 e. The lowest BCUT2D eigenvalue weighted by atomic mass is 10.3. The summed E-state index contributed by atoms with van der Waals surface area (Å²) in [6.45, 7) is 1.60. The number of amides is 1. The predicted molar refractivity (Wildman–Crippen MR) is 79.8 cm³/mol. The van der Waals surface area contributed by atoms with Gasteiger partial charge in [-0.2, -0.15) is 4.98 Å². The molecule has 1 aliphatic carbocycles. The summed E-state index contributed by atoms with van der Waals surface area (Å²) in [4.78, 5) is 19.6. The molecule has 1 aromatic carbocycles. The molecule has 1 unspecified atom stereocenters. The van der Waals surface area contributed by atoms with Gasteiger partial charge >= 0.3 is 0 Å². The molecule has 2 aromatic rings. The molecule has 1 saturated carbocycles. The number of carbonyl (C=O) groups excluding carboxylic acids is 1. The molecule has 1 heterocycles. The van der Waals surface area contributed by atoms with Crippen molar-refractivity contribution in [3.63, 3.8) is 0 Å². The van der Waals surface area contributed by atoms with Crippen LogP contribution in [0, 0.1) is 0 Å². The van der Waals surface area contributed by atoms with E-state index in [4.69, 9.17) is 15.2 Å². The van der Waals surface area contributed by atoms with Gasteiger partial charge in [-0.15, -0.1) is 0 Å². The average Bonchev–Trinajstić information content (AvgIpc) is 3.34. The van der Waals surface area contributed by atoms with Crippen LogP contribution in [0.5, 0.6) is 17.4 Å². The molecule has 0 bridgehead atoms. The number of primary amides is 1. The summed E-state index contributed by atoms with van der Waals surface area (Å²) in [7, 11) is 0. The largest absolute Gasteiger partial charge is 0.481 e. The fourth-order valence-corrected chi connectivity index (χ4v) is 1.92. The van der Waals surface area contributed by atoms with Crippen molar-refractivity contribution >= 4 is 5.91 Å². The van der Waals surface area contributed by atoms with Crippen LogP contribution in [0.2, 0.25) is 0 Å². The predicted octanol–water partition coefficient (Wildman–Crippen LogP) is 2.40. The van der Waals surface area contributed by atoms with Crippen molar-refractivity contribution in [3.8, 4) is 17.4 Å². The Kier molecular flexibility index (Phi) is 3.91. The molecule has 114 valence electrons. The molecule has 1 amide bonds. The number of nitrogens with zero attached hydrogens (tertiary/aromatic N) is 2. The van der Waals surface area contributed by atoms with Crippen molar-refractivity contribution < 1.29 is 14.3 Å². The Bertz CT molecular complexity index is 669. The van der Waals surface area contributed by atoms with Crippen molar-refractivity contribution in [1.82, 2.24) is 9.97 Å². The van der Waals surface area contributed by atoms with E-state index in [1.807, 2.05) is 0 Å². The van der Waals surface area contributed by atoms with Crippen molar-refractivity contribution in [1.29, 1.82) is 0 Å². The second-order valence-corrected chi connectivity index (χ2v) is 5.26. The maximum atomic E-state index is 11.0. The van der Waals surface area contributed by atoms with Gasteiger partial charge in [-0.25, -0.2) is 4.98 Å². The van der Waals surface area contributed by atoms with E-state index in [0.717, 1.165) is 18.7 Å². The zero-order valence-electron chi connectivity index (χ0n) is 12.2. The van der Waals surface area contributed by atoms with E-state index in [0.29, 0.717) is 23.3 Å². The lowest BCUT2D eigenvalue weighted by Crippen LogP contribution is -2.30. The van der Waals surface area contributed by atoms with E-state index in [9.17, 15) is 4.79 Å². The SMILES string of the molecule is CC(Oc1ccc(Oc2ccnc(C3CC3)n2)cc1)C(N)=O. The molecule has 3 rings (SSSR count). The number of nitrogens with two attached hydrogens (primary N) is 1. The summed E-state index contributed by atoms with van der Waals surface area (Å²) in [5.41, 5.74) is 5.16. The van der Waals surface area contributed by atoms with Crippen LogP contribution >= 0.6 is 0 Å². The van der Waals surface area contributed by atoms with Gasteiger partial charge < -0.3 is 15.2 Å². The lowest BCUT2D eigenvalue weighted by Gasteiger charge is -2.11. The highest BCUT2D eigenvalue weighted by Crippen LogP contribution is 2.38. The van der Waals surface area contributed by atoms with Crippen LogP contribution in [0.3, 0.4) is 0 Å². The summed E-state index contributed by atoms with van der Waals surface area (Å²) in [6, 6.07) is 8.67. The molecule has 22 heavy (non-hydrogen) atoms. The molecule has 1 aromatic heterocycles. The van der Waals surface area contributed by atoms with Gasteiger partial charge in [0.2, 0.25) is 5.88 Å². The third kappa shape index (κ3) is 3.52. The fraction of sp³-hybridized carbons (Fsp3) is 0.312. The minimum Gasteiger partial charge on any atom is -0.481 e. The van der Waals surface area contributed by atoms with Gasteiger partial charge in [0.15, 0.2) is 6.10 Å². The Balaban J connectivity index is 1.65. The van der Waals surface area contributed by atoms with Crippen molar-refractivity contribution in [2.75, 3.05) is 0 Å². The first-order valence-corrected chi connectivity index (χ1v) is 7.18. The molecule has 0 saturated heterocycles. The van der Waals surface area contributed by atoms with Crippen LogP contribution in [-0.2, 0) is 4.79 Å². The second kappa shape index (κ2) is 6.01. The summed E-state index contributed by atoms with van der Waals surface area (Å²) >= 11 is 0. The molecule has 6 nitrogen and oxygen atoms in total. The Morgan fingerprint density at radius 3 is 2.55 bits per heavy atom. The van der Waals surface area contributed by atoms with Gasteiger partial charge in [0.05, 0.1) is 0 Å². The molecule has 1 aliphatic rings. The Labute approximate surface area is 128 Å². The number of ether oxygens (including phenoxy) is 2. The van der Waals surface area contributed by atoms with E-state index in [1.165, 1.54) is 0 Å². The van der Waals surface area contributed by atoms with Crippen LogP contribution in [0.1, 0.15) is 31.5 Å². The standard InChI is InChI=1S/C16H17N3O3/c1-10(15(17)20)21-12-4-6-13(7-5-12)22-14-8-9-18-16(19-14)11-2-3-11/h4-11H,2-3H2,1H3,(H2,17,20). The van der Waals surface area contributed by atoms with Gasteiger partial charge in [-0.1, -0.05) is 0 Å². The highest BCUT2D eigenvalue weighted by molar-refractivity contribution is 5.78. The monoisotopic (exact) mass is 299 g/mol. The van der Waals surface area contributed by atoms with E-state index < -0.39 is 12.0 Å². The molecule has 2 N–H and O–H groups in total. The third-order valence-corrected chi connectivity index (χ3v) is 3.35. The maximum absolute atomic E-state index is 11.0. The lowest BCUT2D eigenvalue weighted by molar-refractivity contribution is -0.123. The second-order valence-electron chi connectivity index (χ2n) is 5.26. The third-order valence-electron chi connectivity index (χ3n) is 3.35. The normalized spacial score (nSPS) is 15.1. The van der Waals surface area contributed by atoms with E-state index in [-0.39, 0.29) is 0 Å². The van der Waals surface area contributed by atoms with Crippen LogP contribution in [0.15, 0.2) is 36.5 Å². The van der Waals surface area contributed by atoms with E-state index in [1.54, 1.807) is 43.5 Å². The molecular weight excluding hydrogens is 282 g/mol. The molecule has 1 atom stereocenters. The number of benzene rings is 1. The number of carbonyl (C=O) groups is 1. The minimum atomic E-state index is -0.672. The first-order chi connectivity index (χ1) is 10.6.